The summed E-state index contributed by atoms with van der Waals surface area (Å²) in [6.07, 6.45) is 3.20. The Morgan fingerprint density at radius 2 is 2.10 bits per heavy atom. The standard InChI is InChI=1S/C17H27N3O/c1-3-4-14-5-7-15(8-6-14)19-17(21)12-20-10-9-16(18)13(2)11-20/h5-8,13,16H,3-4,9-12,18H2,1-2H3,(H,19,21). The van der Waals surface area contributed by atoms with Gasteiger partial charge in [0.25, 0.3) is 0 Å². The molecule has 0 radical (unpaired) electrons. The van der Waals surface area contributed by atoms with E-state index in [2.05, 4.69) is 36.2 Å². The molecule has 0 aliphatic carbocycles. The molecule has 1 fully saturated rings. The van der Waals surface area contributed by atoms with Crippen LogP contribution in [0.2, 0.25) is 0 Å². The average molecular weight is 289 g/mol. The minimum Gasteiger partial charge on any atom is -0.327 e. The Morgan fingerprint density at radius 1 is 1.38 bits per heavy atom. The summed E-state index contributed by atoms with van der Waals surface area (Å²) in [6.45, 7) is 6.59. The number of hydrogen-bond acceptors (Lipinski definition) is 3. The highest BCUT2D eigenvalue weighted by atomic mass is 16.2. The first-order valence-corrected chi connectivity index (χ1v) is 7.95. The van der Waals surface area contributed by atoms with Crippen LogP contribution in [-0.4, -0.2) is 36.5 Å². The normalized spacial score (nSPS) is 23.0. The van der Waals surface area contributed by atoms with Gasteiger partial charge in [0, 0.05) is 24.8 Å². The Hall–Kier alpha value is -1.39. The topological polar surface area (TPSA) is 58.4 Å². The molecule has 0 bridgehead atoms. The van der Waals surface area contributed by atoms with Gasteiger partial charge in [-0.2, -0.15) is 0 Å². The SMILES string of the molecule is CCCc1ccc(NC(=O)CN2CCC(N)C(C)C2)cc1. The van der Waals surface area contributed by atoms with E-state index in [9.17, 15) is 4.79 Å². The Labute approximate surface area is 127 Å². The average Bonchev–Trinajstić information content (AvgIpc) is 2.45. The minimum atomic E-state index is 0.0564. The number of carbonyl (C=O) groups is 1. The van der Waals surface area contributed by atoms with Gasteiger partial charge in [-0.1, -0.05) is 32.4 Å². The van der Waals surface area contributed by atoms with Crippen LogP contribution < -0.4 is 11.1 Å². The maximum Gasteiger partial charge on any atom is 0.238 e. The fourth-order valence-corrected chi connectivity index (χ4v) is 2.84. The number of amides is 1. The first kappa shape index (κ1) is 16.0. The Morgan fingerprint density at radius 3 is 2.71 bits per heavy atom. The lowest BCUT2D eigenvalue weighted by molar-refractivity contribution is -0.117. The van der Waals surface area contributed by atoms with Crippen LogP contribution in [0, 0.1) is 5.92 Å². The van der Waals surface area contributed by atoms with Gasteiger partial charge in [-0.05, 0) is 36.5 Å². The molecule has 1 aliphatic heterocycles. The Bertz CT molecular complexity index is 458. The molecule has 1 heterocycles. The van der Waals surface area contributed by atoms with Crippen LogP contribution in [0.15, 0.2) is 24.3 Å². The van der Waals surface area contributed by atoms with Crippen molar-refractivity contribution in [3.8, 4) is 0 Å². The van der Waals surface area contributed by atoms with E-state index < -0.39 is 0 Å². The Kier molecular flexibility index (Phi) is 5.76. The lowest BCUT2D eigenvalue weighted by Gasteiger charge is -2.34. The highest BCUT2D eigenvalue weighted by Crippen LogP contribution is 2.15. The molecule has 1 aliphatic rings. The fourth-order valence-electron chi connectivity index (χ4n) is 2.84. The van der Waals surface area contributed by atoms with E-state index >= 15 is 0 Å². The highest BCUT2D eigenvalue weighted by Gasteiger charge is 2.24. The van der Waals surface area contributed by atoms with E-state index in [0.717, 1.165) is 38.0 Å². The molecule has 1 amide bonds. The fraction of sp³-hybridized carbons (Fsp3) is 0.588. The summed E-state index contributed by atoms with van der Waals surface area (Å²) in [5.41, 5.74) is 8.20. The van der Waals surface area contributed by atoms with Crippen LogP contribution in [0.3, 0.4) is 0 Å². The quantitative estimate of drug-likeness (QED) is 0.874. The number of piperidine rings is 1. The van der Waals surface area contributed by atoms with E-state index in [1.165, 1.54) is 5.56 Å². The van der Waals surface area contributed by atoms with Gasteiger partial charge in [0.1, 0.15) is 0 Å². The van der Waals surface area contributed by atoms with Crippen molar-refractivity contribution >= 4 is 11.6 Å². The molecule has 0 spiro atoms. The number of aryl methyl sites for hydroxylation is 1. The van der Waals surface area contributed by atoms with Gasteiger partial charge >= 0.3 is 0 Å². The molecular formula is C17H27N3O. The van der Waals surface area contributed by atoms with Crippen molar-refractivity contribution in [2.45, 2.75) is 39.2 Å². The second kappa shape index (κ2) is 7.57. The van der Waals surface area contributed by atoms with Crippen molar-refractivity contribution in [3.63, 3.8) is 0 Å². The second-order valence-electron chi connectivity index (χ2n) is 6.16. The zero-order valence-corrected chi connectivity index (χ0v) is 13.1. The van der Waals surface area contributed by atoms with Gasteiger partial charge in [-0.3, -0.25) is 9.69 Å². The molecule has 2 unspecified atom stereocenters. The van der Waals surface area contributed by atoms with Gasteiger partial charge in [-0.25, -0.2) is 0 Å². The van der Waals surface area contributed by atoms with Crippen LogP contribution in [0.1, 0.15) is 32.3 Å². The van der Waals surface area contributed by atoms with Crippen LogP contribution in [0.4, 0.5) is 5.69 Å². The zero-order chi connectivity index (χ0) is 15.2. The van der Waals surface area contributed by atoms with Crippen LogP contribution in [-0.2, 0) is 11.2 Å². The summed E-state index contributed by atoms with van der Waals surface area (Å²) in [6, 6.07) is 8.41. The van der Waals surface area contributed by atoms with Crippen molar-refractivity contribution in [1.29, 1.82) is 0 Å². The summed E-state index contributed by atoms with van der Waals surface area (Å²) in [5.74, 6) is 0.515. The third-order valence-corrected chi connectivity index (χ3v) is 4.20. The third-order valence-electron chi connectivity index (χ3n) is 4.20. The van der Waals surface area contributed by atoms with Gasteiger partial charge < -0.3 is 11.1 Å². The monoisotopic (exact) mass is 289 g/mol. The highest BCUT2D eigenvalue weighted by molar-refractivity contribution is 5.92. The number of likely N-dealkylation sites (tertiary alicyclic amines) is 1. The number of anilines is 1. The first-order valence-electron chi connectivity index (χ1n) is 7.95. The van der Waals surface area contributed by atoms with E-state index in [4.69, 9.17) is 5.73 Å². The maximum absolute atomic E-state index is 12.1. The Balaban J connectivity index is 1.81. The number of nitrogens with zero attached hydrogens (tertiary/aromatic N) is 1. The number of benzene rings is 1. The lowest BCUT2D eigenvalue weighted by atomic mass is 9.95. The molecule has 4 nitrogen and oxygen atoms in total. The summed E-state index contributed by atoms with van der Waals surface area (Å²) >= 11 is 0. The van der Waals surface area contributed by atoms with Gasteiger partial charge in [0.05, 0.1) is 6.54 Å². The molecule has 2 rings (SSSR count). The van der Waals surface area contributed by atoms with Crippen molar-refractivity contribution in [3.05, 3.63) is 29.8 Å². The van der Waals surface area contributed by atoms with E-state index in [1.54, 1.807) is 0 Å². The number of rotatable bonds is 5. The predicted molar refractivity (Wildman–Crippen MR) is 87.3 cm³/mol. The maximum atomic E-state index is 12.1. The van der Waals surface area contributed by atoms with Crippen molar-refractivity contribution < 1.29 is 4.79 Å². The number of hydrogen-bond donors (Lipinski definition) is 2. The van der Waals surface area contributed by atoms with Gasteiger partial charge in [0.2, 0.25) is 5.91 Å². The molecule has 1 aromatic rings. The zero-order valence-electron chi connectivity index (χ0n) is 13.1. The molecule has 0 aromatic heterocycles. The first-order chi connectivity index (χ1) is 10.1. The third kappa shape index (κ3) is 4.83. The van der Waals surface area contributed by atoms with Crippen LogP contribution in [0.25, 0.3) is 0 Å². The number of nitrogens with two attached hydrogens (primary N) is 1. The summed E-state index contributed by atoms with van der Waals surface area (Å²) in [4.78, 5) is 14.3. The molecular weight excluding hydrogens is 262 g/mol. The van der Waals surface area contributed by atoms with E-state index in [0.29, 0.717) is 12.5 Å². The van der Waals surface area contributed by atoms with Crippen molar-refractivity contribution in [1.82, 2.24) is 4.90 Å². The summed E-state index contributed by atoms with van der Waals surface area (Å²) in [7, 11) is 0. The molecule has 1 aromatic carbocycles. The summed E-state index contributed by atoms with van der Waals surface area (Å²) in [5, 5.41) is 2.97. The molecule has 116 valence electrons. The van der Waals surface area contributed by atoms with Gasteiger partial charge in [-0.15, -0.1) is 0 Å². The molecule has 2 atom stereocenters. The van der Waals surface area contributed by atoms with Crippen molar-refractivity contribution in [2.24, 2.45) is 11.7 Å². The van der Waals surface area contributed by atoms with Crippen molar-refractivity contribution in [2.75, 3.05) is 25.0 Å². The molecule has 4 heteroatoms. The van der Waals surface area contributed by atoms with Crippen LogP contribution in [0.5, 0.6) is 0 Å². The van der Waals surface area contributed by atoms with E-state index in [1.807, 2.05) is 12.1 Å². The molecule has 3 N–H and O–H groups in total. The smallest absolute Gasteiger partial charge is 0.238 e. The molecule has 1 saturated heterocycles. The largest absolute Gasteiger partial charge is 0.327 e. The number of carbonyl (C=O) groups excluding carboxylic acids is 1. The second-order valence-corrected chi connectivity index (χ2v) is 6.16. The lowest BCUT2D eigenvalue weighted by Crippen LogP contribution is -2.48. The molecule has 21 heavy (non-hydrogen) atoms. The molecule has 0 saturated carbocycles. The van der Waals surface area contributed by atoms with E-state index in [-0.39, 0.29) is 11.9 Å². The van der Waals surface area contributed by atoms with Crippen LogP contribution >= 0.6 is 0 Å². The van der Waals surface area contributed by atoms with Gasteiger partial charge in [0.15, 0.2) is 0 Å². The number of nitrogens with one attached hydrogen (secondary N) is 1. The minimum absolute atomic E-state index is 0.0564. The summed E-state index contributed by atoms with van der Waals surface area (Å²) < 4.78 is 0. The predicted octanol–water partition coefficient (Wildman–Crippen LogP) is 2.25.